The first kappa shape index (κ1) is 26.6. The van der Waals surface area contributed by atoms with Gasteiger partial charge in [0.15, 0.2) is 10.8 Å². The lowest BCUT2D eigenvalue weighted by atomic mass is 9.89. The van der Waals surface area contributed by atoms with Gasteiger partial charge in [-0.15, -0.1) is 49.7 Å². The molecule has 0 saturated carbocycles. The number of nitrogens with two attached hydrogens (primary N) is 1. The van der Waals surface area contributed by atoms with E-state index in [1.807, 2.05) is 0 Å². The van der Waals surface area contributed by atoms with Gasteiger partial charge in [0, 0.05) is 23.4 Å². The Labute approximate surface area is 230 Å². The van der Waals surface area contributed by atoms with Crippen molar-refractivity contribution in [3.63, 3.8) is 0 Å². The zero-order valence-electron chi connectivity index (χ0n) is 19.7. The van der Waals surface area contributed by atoms with Crippen LogP contribution in [0.15, 0.2) is 21.6 Å². The molecule has 2 aliphatic heterocycles. The van der Waals surface area contributed by atoms with Gasteiger partial charge in [-0.25, -0.2) is 9.78 Å². The number of tetrazole rings is 1. The van der Waals surface area contributed by atoms with Gasteiger partial charge in [-0.05, 0) is 16.5 Å². The number of aromatic carboxylic acids is 1. The number of nitrogens with zero attached hydrogens (tertiary/aromatic N) is 8. The predicted octanol–water partition coefficient (Wildman–Crippen LogP) is -1.13. The Balaban J connectivity index is 1.28. The van der Waals surface area contributed by atoms with Crippen LogP contribution in [0.3, 0.4) is 0 Å². The summed E-state index contributed by atoms with van der Waals surface area (Å²) in [6.45, 7) is -0.112. The molecular formula is C19H18N10O7S3. The van der Waals surface area contributed by atoms with Crippen LogP contribution >= 0.6 is 34.9 Å². The summed E-state index contributed by atoms with van der Waals surface area (Å²) >= 11 is 3.34. The molecule has 2 fully saturated rings. The molecule has 0 aromatic carbocycles. The van der Waals surface area contributed by atoms with E-state index in [1.54, 1.807) is 0 Å². The number of hydrogen-bond donors (Lipinski definition) is 4. The smallest absolute Gasteiger partial charge is 0.339 e. The number of carbonyl (C=O) groups excluding carboxylic acids is 2. The van der Waals surface area contributed by atoms with E-state index in [4.69, 9.17) is 10.6 Å². The molecular weight excluding hydrogens is 576 g/mol. The molecule has 204 valence electrons. The monoisotopic (exact) mass is 594 g/mol. The minimum Gasteiger partial charge on any atom is -0.481 e. The fourth-order valence-electron chi connectivity index (χ4n) is 3.97. The van der Waals surface area contributed by atoms with Crippen molar-refractivity contribution in [2.75, 3.05) is 30.9 Å². The standard InChI is InChI=1S/C19H18N10O7S3/c1-36-25-10(8-3-37-18(20)21-8)13(30)22-11-14(31)28-4-19(17(34)35,6-39-15(11)28)5-38-9-2-7(16(32)33)12-23-26-27-29(12)24-9/h2-3,11,15H,4-6H2,1H3,(H2,20,21)(H,22,30)(H,32,33)(H,34,35)/t11?,15-,19?/m1/s1. The third-order valence-electron chi connectivity index (χ3n) is 5.93. The lowest BCUT2D eigenvalue weighted by Crippen LogP contribution is -2.74. The van der Waals surface area contributed by atoms with Crippen LogP contribution in [0, 0.1) is 5.41 Å². The fraction of sp³-hybridized carbons (Fsp3) is 0.368. The van der Waals surface area contributed by atoms with Gasteiger partial charge in [-0.3, -0.25) is 14.4 Å². The van der Waals surface area contributed by atoms with Crippen LogP contribution in [-0.2, 0) is 19.2 Å². The number of nitrogens with one attached hydrogen (secondary N) is 1. The number of fused-ring (bicyclic) bond motifs is 2. The molecule has 17 nitrogen and oxygen atoms in total. The molecule has 5 heterocycles. The number of amides is 2. The minimum absolute atomic E-state index is 0.0154. The quantitative estimate of drug-likeness (QED) is 0.0991. The third kappa shape index (κ3) is 4.81. The number of anilines is 1. The number of nitrogen functional groups attached to an aromatic ring is 1. The summed E-state index contributed by atoms with van der Waals surface area (Å²) in [5.41, 5.74) is 4.08. The summed E-state index contributed by atoms with van der Waals surface area (Å²) in [6.07, 6.45) is 0. The lowest BCUT2D eigenvalue weighted by molar-refractivity contribution is -0.157. The van der Waals surface area contributed by atoms with Gasteiger partial charge in [0.05, 0.1) is 0 Å². The highest BCUT2D eigenvalue weighted by Crippen LogP contribution is 2.44. The molecule has 2 saturated heterocycles. The molecule has 39 heavy (non-hydrogen) atoms. The van der Waals surface area contributed by atoms with Gasteiger partial charge in [-0.1, -0.05) is 5.16 Å². The van der Waals surface area contributed by atoms with Gasteiger partial charge in [0.25, 0.3) is 5.91 Å². The maximum absolute atomic E-state index is 13.0. The Morgan fingerprint density at radius 3 is 2.85 bits per heavy atom. The highest BCUT2D eigenvalue weighted by atomic mass is 32.2. The van der Waals surface area contributed by atoms with Crippen molar-refractivity contribution in [2.24, 2.45) is 10.6 Å². The lowest BCUT2D eigenvalue weighted by Gasteiger charge is -2.53. The van der Waals surface area contributed by atoms with Gasteiger partial charge in [-0.2, -0.15) is 0 Å². The summed E-state index contributed by atoms with van der Waals surface area (Å²) in [5, 5.41) is 42.2. The summed E-state index contributed by atoms with van der Waals surface area (Å²) in [4.78, 5) is 60.0. The summed E-state index contributed by atoms with van der Waals surface area (Å²) in [7, 11) is 1.26. The van der Waals surface area contributed by atoms with E-state index in [0.29, 0.717) is 0 Å². The highest BCUT2D eigenvalue weighted by molar-refractivity contribution is 8.00. The molecule has 20 heteroatoms. The molecule has 3 aromatic heterocycles. The van der Waals surface area contributed by atoms with Crippen molar-refractivity contribution in [2.45, 2.75) is 16.4 Å². The molecule has 5 rings (SSSR count). The molecule has 2 aliphatic rings. The Kier molecular flexibility index (Phi) is 6.99. The molecule has 3 aromatic rings. The van der Waals surface area contributed by atoms with Crippen molar-refractivity contribution >= 4 is 75.1 Å². The molecule has 0 spiro atoms. The minimum atomic E-state index is -1.36. The maximum atomic E-state index is 13.0. The Morgan fingerprint density at radius 1 is 1.38 bits per heavy atom. The Hall–Kier alpha value is -4.04. The number of carboxylic acid groups (broad SMARTS) is 2. The second kappa shape index (κ2) is 10.3. The van der Waals surface area contributed by atoms with Crippen LogP contribution in [0.2, 0.25) is 0 Å². The highest BCUT2D eigenvalue weighted by Gasteiger charge is 2.57. The number of aliphatic carboxylic acids is 1. The number of hydrogen-bond acceptors (Lipinski definition) is 15. The van der Waals surface area contributed by atoms with Crippen molar-refractivity contribution in [3.8, 4) is 0 Å². The average molecular weight is 595 g/mol. The first-order valence-electron chi connectivity index (χ1n) is 10.9. The topological polar surface area (TPSA) is 240 Å². The number of β-lactam (4-membered cyclic amide) rings is 1. The van der Waals surface area contributed by atoms with E-state index in [2.05, 4.69) is 36.1 Å². The normalized spacial score (nSPS) is 22.7. The molecule has 0 aliphatic carbocycles. The molecule has 3 atom stereocenters. The van der Waals surface area contributed by atoms with E-state index in [1.165, 1.54) is 35.2 Å². The molecule has 0 bridgehead atoms. The number of carbonyl (C=O) groups is 4. The van der Waals surface area contributed by atoms with Gasteiger partial charge < -0.3 is 31.0 Å². The number of thioether (sulfide) groups is 2. The molecule has 0 radical (unpaired) electrons. The Bertz CT molecular complexity index is 1530. The zero-order valence-corrected chi connectivity index (χ0v) is 22.2. The number of rotatable bonds is 9. The summed E-state index contributed by atoms with van der Waals surface area (Å²) < 4.78 is 0.957. The van der Waals surface area contributed by atoms with Crippen LogP contribution in [0.25, 0.3) is 5.65 Å². The van der Waals surface area contributed by atoms with Crippen molar-refractivity contribution in [1.29, 1.82) is 0 Å². The van der Waals surface area contributed by atoms with E-state index in [0.717, 1.165) is 27.7 Å². The fourth-order valence-corrected chi connectivity index (χ4v) is 7.27. The second-order valence-corrected chi connectivity index (χ2v) is 11.4. The van der Waals surface area contributed by atoms with E-state index >= 15 is 0 Å². The number of carboxylic acids is 2. The molecule has 2 amide bonds. The summed E-state index contributed by atoms with van der Waals surface area (Å²) in [6, 6.07) is 0.365. The van der Waals surface area contributed by atoms with Crippen LogP contribution in [0.4, 0.5) is 5.13 Å². The van der Waals surface area contributed by atoms with Gasteiger partial charge in [0.2, 0.25) is 11.6 Å². The first-order valence-corrected chi connectivity index (χ1v) is 13.8. The van der Waals surface area contributed by atoms with Crippen LogP contribution < -0.4 is 11.1 Å². The molecule has 5 N–H and O–H groups in total. The zero-order chi connectivity index (χ0) is 27.9. The molecule has 2 unspecified atom stereocenters. The number of aromatic nitrogens is 6. The van der Waals surface area contributed by atoms with Crippen LogP contribution in [-0.4, -0.2) is 111 Å². The number of thiazole rings is 1. The van der Waals surface area contributed by atoms with Crippen LogP contribution in [0.1, 0.15) is 16.1 Å². The second-order valence-electron chi connectivity index (χ2n) is 8.38. The van der Waals surface area contributed by atoms with Gasteiger partial charge in [0.1, 0.15) is 40.2 Å². The van der Waals surface area contributed by atoms with E-state index < -0.39 is 40.6 Å². The largest absolute Gasteiger partial charge is 0.481 e. The predicted molar refractivity (Wildman–Crippen MR) is 136 cm³/mol. The van der Waals surface area contributed by atoms with E-state index in [-0.39, 0.29) is 50.8 Å². The summed E-state index contributed by atoms with van der Waals surface area (Å²) in [5.74, 6) is -3.43. The average Bonchev–Trinajstić information content (AvgIpc) is 3.56. The SMILES string of the molecule is CON=C(C(=O)NC1C(=O)N2CC(CSc3cc(C(=O)O)c4nnnn4n3)(C(=O)O)CS[C@H]12)c1csc(N)n1. The van der Waals surface area contributed by atoms with Gasteiger partial charge >= 0.3 is 11.9 Å². The van der Waals surface area contributed by atoms with Crippen LogP contribution in [0.5, 0.6) is 0 Å². The number of oxime groups is 1. The third-order valence-corrected chi connectivity index (χ3v) is 9.38. The van der Waals surface area contributed by atoms with E-state index in [9.17, 15) is 29.4 Å². The van der Waals surface area contributed by atoms with Crippen molar-refractivity contribution < 1.29 is 34.2 Å². The van der Waals surface area contributed by atoms with Crippen molar-refractivity contribution in [1.82, 2.24) is 40.5 Å². The first-order chi connectivity index (χ1) is 18.6. The van der Waals surface area contributed by atoms with Crippen molar-refractivity contribution in [3.05, 3.63) is 22.7 Å². The Morgan fingerprint density at radius 2 is 2.18 bits per heavy atom. The maximum Gasteiger partial charge on any atom is 0.339 e.